The summed E-state index contributed by atoms with van der Waals surface area (Å²) in [5.74, 6) is -1.11. The molecule has 1 aromatic heterocycles. The number of anilines is 1. The van der Waals surface area contributed by atoms with Crippen LogP contribution in [-0.2, 0) is 13.0 Å². The molecule has 0 unspecified atom stereocenters. The van der Waals surface area contributed by atoms with Crippen molar-refractivity contribution >= 4 is 29.3 Å². The van der Waals surface area contributed by atoms with Gasteiger partial charge in [-0.2, -0.15) is 5.10 Å². The van der Waals surface area contributed by atoms with Crippen molar-refractivity contribution in [1.82, 2.24) is 14.7 Å². The third-order valence-corrected chi connectivity index (χ3v) is 4.86. The van der Waals surface area contributed by atoms with E-state index in [2.05, 4.69) is 10.4 Å². The maximum Gasteiger partial charge on any atom is 0.356 e. The first-order valence-electron chi connectivity index (χ1n) is 8.74. The lowest BCUT2D eigenvalue weighted by Gasteiger charge is -2.28. The van der Waals surface area contributed by atoms with Crippen molar-refractivity contribution in [3.05, 3.63) is 76.6 Å². The Balaban J connectivity index is 1.62. The van der Waals surface area contributed by atoms with Crippen LogP contribution in [0.5, 0.6) is 0 Å². The lowest BCUT2D eigenvalue weighted by Crippen LogP contribution is -2.39. The number of aromatic carboxylic acids is 1. The first kappa shape index (κ1) is 18.1. The Morgan fingerprint density at radius 1 is 1.11 bits per heavy atom. The molecule has 0 spiro atoms. The summed E-state index contributed by atoms with van der Waals surface area (Å²) in [6.45, 7) is 0.632. The van der Waals surface area contributed by atoms with Crippen molar-refractivity contribution in [2.75, 3.05) is 11.9 Å². The van der Waals surface area contributed by atoms with Crippen molar-refractivity contribution < 1.29 is 14.7 Å². The number of nitrogens with one attached hydrogen (secondary N) is 1. The van der Waals surface area contributed by atoms with Gasteiger partial charge in [0.15, 0.2) is 5.69 Å². The van der Waals surface area contributed by atoms with Crippen LogP contribution in [0.25, 0.3) is 5.69 Å². The minimum absolute atomic E-state index is 0.0286. The van der Waals surface area contributed by atoms with Gasteiger partial charge in [-0.15, -0.1) is 0 Å². The van der Waals surface area contributed by atoms with Gasteiger partial charge in [-0.05, 0) is 30.3 Å². The molecule has 2 amide bonds. The van der Waals surface area contributed by atoms with E-state index in [4.69, 9.17) is 11.6 Å². The molecule has 0 aliphatic carbocycles. The van der Waals surface area contributed by atoms with Crippen LogP contribution in [0, 0.1) is 0 Å². The summed E-state index contributed by atoms with van der Waals surface area (Å²) < 4.78 is 1.66. The van der Waals surface area contributed by atoms with E-state index >= 15 is 0 Å². The number of urea groups is 1. The average Bonchev–Trinajstić information content (AvgIpc) is 3.08. The van der Waals surface area contributed by atoms with E-state index in [0.717, 1.165) is 11.4 Å². The van der Waals surface area contributed by atoms with Gasteiger partial charge in [0.1, 0.15) is 0 Å². The molecule has 0 atom stereocenters. The van der Waals surface area contributed by atoms with Gasteiger partial charge in [-0.1, -0.05) is 35.9 Å². The Morgan fingerprint density at radius 3 is 2.61 bits per heavy atom. The highest BCUT2D eigenvalue weighted by Crippen LogP contribution is 2.26. The van der Waals surface area contributed by atoms with Crippen molar-refractivity contribution in [1.29, 1.82) is 0 Å². The smallest absolute Gasteiger partial charge is 0.356 e. The van der Waals surface area contributed by atoms with Gasteiger partial charge < -0.3 is 15.3 Å². The van der Waals surface area contributed by atoms with E-state index in [0.29, 0.717) is 29.2 Å². The van der Waals surface area contributed by atoms with E-state index in [1.165, 1.54) is 0 Å². The Labute approximate surface area is 166 Å². The number of carbonyl (C=O) groups excluding carboxylic acids is 1. The summed E-state index contributed by atoms with van der Waals surface area (Å²) in [5, 5.41) is 17.2. The summed E-state index contributed by atoms with van der Waals surface area (Å²) >= 11 is 5.96. The van der Waals surface area contributed by atoms with E-state index < -0.39 is 5.97 Å². The molecule has 0 radical (unpaired) electrons. The van der Waals surface area contributed by atoms with Crippen LogP contribution in [0.3, 0.4) is 0 Å². The second-order valence-electron chi connectivity index (χ2n) is 6.44. The fraction of sp³-hybridized carbons (Fsp3) is 0.150. The number of halogens is 1. The highest BCUT2D eigenvalue weighted by Gasteiger charge is 2.30. The molecule has 3 aromatic rings. The lowest BCUT2D eigenvalue weighted by atomic mass is 10.1. The average molecular weight is 397 g/mol. The zero-order chi connectivity index (χ0) is 19.7. The van der Waals surface area contributed by atoms with Gasteiger partial charge in [0.2, 0.25) is 0 Å². The Morgan fingerprint density at radius 2 is 1.89 bits per heavy atom. The number of benzene rings is 2. The maximum atomic E-state index is 12.6. The molecular formula is C20H17ClN4O3. The van der Waals surface area contributed by atoms with Crippen molar-refractivity contribution in [3.63, 3.8) is 0 Å². The fourth-order valence-corrected chi connectivity index (χ4v) is 3.51. The summed E-state index contributed by atoms with van der Waals surface area (Å²) in [5.41, 5.74) is 2.73. The van der Waals surface area contributed by atoms with Crippen LogP contribution in [0.15, 0.2) is 54.6 Å². The highest BCUT2D eigenvalue weighted by molar-refractivity contribution is 6.30. The van der Waals surface area contributed by atoms with E-state index in [-0.39, 0.29) is 18.3 Å². The zero-order valence-electron chi connectivity index (χ0n) is 14.8. The molecule has 8 heteroatoms. The predicted molar refractivity (Wildman–Crippen MR) is 105 cm³/mol. The number of aromatic nitrogens is 2. The minimum atomic E-state index is -1.11. The monoisotopic (exact) mass is 396 g/mol. The summed E-state index contributed by atoms with van der Waals surface area (Å²) in [7, 11) is 0. The molecule has 0 bridgehead atoms. The molecule has 7 nitrogen and oxygen atoms in total. The highest BCUT2D eigenvalue weighted by atomic mass is 35.5. The number of nitrogens with zero attached hydrogens (tertiary/aromatic N) is 3. The van der Waals surface area contributed by atoms with Gasteiger partial charge in [0.25, 0.3) is 0 Å². The Bertz CT molecular complexity index is 1050. The molecule has 1 aliphatic heterocycles. The SMILES string of the molecule is O=C(O)c1nn(-c2ccccc2)c2c1CN(C(=O)Nc1cccc(Cl)c1)CC2. The zero-order valence-corrected chi connectivity index (χ0v) is 15.6. The second kappa shape index (κ2) is 7.36. The standard InChI is InChI=1S/C20H17ClN4O3/c21-13-5-4-6-14(11-13)22-20(28)24-10-9-17-16(12-24)18(19(26)27)23-25(17)15-7-2-1-3-8-15/h1-8,11H,9-10,12H2,(H,22,28)(H,26,27). The molecule has 4 rings (SSSR count). The molecule has 0 fully saturated rings. The summed E-state index contributed by atoms with van der Waals surface area (Å²) in [6, 6.07) is 15.9. The first-order valence-corrected chi connectivity index (χ1v) is 9.11. The maximum absolute atomic E-state index is 12.6. The van der Waals surface area contributed by atoms with Gasteiger partial charge in [-0.25, -0.2) is 14.3 Å². The van der Waals surface area contributed by atoms with Crippen LogP contribution in [0.1, 0.15) is 21.7 Å². The van der Waals surface area contributed by atoms with Gasteiger partial charge in [0.05, 0.1) is 17.9 Å². The topological polar surface area (TPSA) is 87.5 Å². The quantitative estimate of drug-likeness (QED) is 0.704. The number of carbonyl (C=O) groups is 2. The molecule has 142 valence electrons. The number of rotatable bonds is 3. The number of carboxylic acids is 1. The van der Waals surface area contributed by atoms with Crippen LogP contribution in [0.2, 0.25) is 5.02 Å². The van der Waals surface area contributed by atoms with Gasteiger partial charge in [-0.3, -0.25) is 0 Å². The number of para-hydroxylation sites is 1. The van der Waals surface area contributed by atoms with Gasteiger partial charge in [0, 0.05) is 29.2 Å². The van der Waals surface area contributed by atoms with E-state index in [1.807, 2.05) is 30.3 Å². The number of amides is 2. The normalized spacial score (nSPS) is 13.1. The van der Waals surface area contributed by atoms with Crippen LogP contribution in [0.4, 0.5) is 10.5 Å². The van der Waals surface area contributed by atoms with Crippen molar-refractivity contribution in [2.24, 2.45) is 0 Å². The van der Waals surface area contributed by atoms with Crippen LogP contribution >= 0.6 is 11.6 Å². The third-order valence-electron chi connectivity index (χ3n) is 4.62. The molecule has 0 saturated heterocycles. The minimum Gasteiger partial charge on any atom is -0.476 e. The molecule has 2 N–H and O–H groups in total. The predicted octanol–water partition coefficient (Wildman–Crippen LogP) is 3.81. The molecule has 2 aromatic carbocycles. The molecule has 28 heavy (non-hydrogen) atoms. The molecule has 0 saturated carbocycles. The van der Waals surface area contributed by atoms with E-state index in [1.54, 1.807) is 33.8 Å². The third kappa shape index (κ3) is 3.44. The number of fused-ring (bicyclic) bond motifs is 1. The van der Waals surface area contributed by atoms with Crippen molar-refractivity contribution in [2.45, 2.75) is 13.0 Å². The molecule has 1 aliphatic rings. The number of hydrogen-bond acceptors (Lipinski definition) is 3. The van der Waals surface area contributed by atoms with Crippen LogP contribution in [-0.4, -0.2) is 38.3 Å². The second-order valence-corrected chi connectivity index (χ2v) is 6.87. The molecular weight excluding hydrogens is 380 g/mol. The first-order chi connectivity index (χ1) is 13.5. The summed E-state index contributed by atoms with van der Waals surface area (Å²) in [6.07, 6.45) is 0.507. The van der Waals surface area contributed by atoms with E-state index in [9.17, 15) is 14.7 Å². The van der Waals surface area contributed by atoms with Gasteiger partial charge >= 0.3 is 12.0 Å². The largest absolute Gasteiger partial charge is 0.476 e. The summed E-state index contributed by atoms with van der Waals surface area (Å²) in [4.78, 5) is 25.9. The fourth-order valence-electron chi connectivity index (χ4n) is 3.32. The lowest BCUT2D eigenvalue weighted by molar-refractivity contribution is 0.0687. The van der Waals surface area contributed by atoms with Crippen molar-refractivity contribution in [3.8, 4) is 5.69 Å². The Hall–Kier alpha value is -3.32. The number of carboxylic acid groups (broad SMARTS) is 1. The van der Waals surface area contributed by atoms with Crippen LogP contribution < -0.4 is 5.32 Å². The number of hydrogen-bond donors (Lipinski definition) is 2. The molecule has 2 heterocycles. The Kier molecular flexibility index (Phi) is 4.75.